The predicted octanol–water partition coefficient (Wildman–Crippen LogP) is 8.12. The van der Waals surface area contributed by atoms with Crippen LogP contribution in [-0.2, 0) is 18.0 Å². The van der Waals surface area contributed by atoms with Crippen LogP contribution in [-0.4, -0.2) is 23.7 Å². The van der Waals surface area contributed by atoms with Crippen molar-refractivity contribution in [3.8, 4) is 11.8 Å². The lowest BCUT2D eigenvalue weighted by atomic mass is 10.2. The summed E-state index contributed by atoms with van der Waals surface area (Å²) in [4.78, 5) is 19.0. The Labute approximate surface area is 237 Å². The lowest BCUT2D eigenvalue weighted by molar-refractivity contribution is 0.0589. The van der Waals surface area contributed by atoms with Crippen LogP contribution in [0.1, 0.15) is 31.9 Å². The lowest BCUT2D eigenvalue weighted by Gasteiger charge is -2.27. The van der Waals surface area contributed by atoms with Crippen LogP contribution in [0.2, 0.25) is 0 Å². The molecule has 39 heavy (non-hydrogen) atoms. The molecule has 4 rings (SSSR count). The number of aromatic nitrogens is 1. The maximum Gasteiger partial charge on any atom is 0.414 e. The summed E-state index contributed by atoms with van der Waals surface area (Å²) in [6.07, 6.45) is -0.471. The van der Waals surface area contributed by atoms with Crippen molar-refractivity contribution in [1.82, 2.24) is 4.98 Å². The minimum atomic E-state index is -0.627. The third kappa shape index (κ3) is 7.97. The quantitative estimate of drug-likeness (QED) is 0.212. The summed E-state index contributed by atoms with van der Waals surface area (Å²) < 4.78 is 18.4. The van der Waals surface area contributed by atoms with Crippen LogP contribution < -0.4 is 19.7 Å². The number of halogens is 1. The predicted molar refractivity (Wildman–Crippen MR) is 158 cm³/mol. The molecule has 1 amide bonds. The van der Waals surface area contributed by atoms with Gasteiger partial charge >= 0.3 is 6.09 Å². The van der Waals surface area contributed by atoms with Crippen LogP contribution in [0.15, 0.2) is 95.5 Å². The summed E-state index contributed by atoms with van der Waals surface area (Å²) in [5, 5.41) is 3.40. The average Bonchev–Trinajstić information content (AvgIpc) is 2.91. The normalized spacial score (nSPS) is 11.0. The number of nitrogens with zero attached hydrogens (tertiary/aromatic N) is 2. The minimum absolute atomic E-state index is 0.327. The summed E-state index contributed by atoms with van der Waals surface area (Å²) in [5.41, 5.74) is 3.33. The molecule has 0 saturated carbocycles. The fourth-order valence-corrected chi connectivity index (χ4v) is 4.32. The Morgan fingerprint density at radius 1 is 0.821 bits per heavy atom. The molecule has 0 fully saturated rings. The average molecular weight is 591 g/mol. The van der Waals surface area contributed by atoms with Crippen molar-refractivity contribution < 1.29 is 19.0 Å². The molecule has 0 atom stereocenters. The first kappa shape index (κ1) is 28.0. The maximum absolute atomic E-state index is 12.9. The van der Waals surface area contributed by atoms with Gasteiger partial charge in [0, 0.05) is 17.6 Å². The van der Waals surface area contributed by atoms with E-state index in [4.69, 9.17) is 14.2 Å². The van der Waals surface area contributed by atoms with Crippen molar-refractivity contribution >= 4 is 39.1 Å². The van der Waals surface area contributed by atoms with E-state index in [1.54, 1.807) is 13.1 Å². The van der Waals surface area contributed by atoms with E-state index in [1.165, 1.54) is 4.90 Å². The summed E-state index contributed by atoms with van der Waals surface area (Å²) in [5.74, 6) is 0.808. The highest BCUT2D eigenvalue weighted by atomic mass is 79.9. The number of ether oxygens (including phenoxy) is 3. The molecule has 4 aromatic rings. The van der Waals surface area contributed by atoms with Gasteiger partial charge < -0.3 is 19.5 Å². The second-order valence-corrected chi connectivity index (χ2v) is 10.7. The number of benzene rings is 3. The van der Waals surface area contributed by atoms with Crippen molar-refractivity contribution in [1.29, 1.82) is 0 Å². The van der Waals surface area contributed by atoms with Crippen LogP contribution in [0.3, 0.4) is 0 Å². The molecule has 7 nitrogen and oxygen atoms in total. The number of anilines is 3. The number of hydrogen-bond donors (Lipinski definition) is 1. The topological polar surface area (TPSA) is 72.9 Å². The van der Waals surface area contributed by atoms with Gasteiger partial charge in [0.2, 0.25) is 11.8 Å². The summed E-state index contributed by atoms with van der Waals surface area (Å²) in [6, 6.07) is 29.0. The number of para-hydroxylation sites is 1. The van der Waals surface area contributed by atoms with Crippen LogP contribution >= 0.6 is 15.9 Å². The van der Waals surface area contributed by atoms with Gasteiger partial charge in [-0.3, -0.25) is 4.90 Å². The third-order valence-corrected chi connectivity index (χ3v) is 6.18. The fourth-order valence-electron chi connectivity index (χ4n) is 3.69. The van der Waals surface area contributed by atoms with Gasteiger partial charge in [0.05, 0.1) is 11.4 Å². The van der Waals surface area contributed by atoms with Crippen molar-refractivity contribution in [2.24, 2.45) is 0 Å². The number of nitrogens with one attached hydrogen (secondary N) is 1. The van der Waals surface area contributed by atoms with E-state index in [2.05, 4.69) is 26.2 Å². The third-order valence-electron chi connectivity index (χ3n) is 5.54. The molecule has 0 aliphatic heterocycles. The van der Waals surface area contributed by atoms with Crippen LogP contribution in [0.25, 0.3) is 0 Å². The van der Waals surface area contributed by atoms with E-state index in [1.807, 2.05) is 106 Å². The summed E-state index contributed by atoms with van der Waals surface area (Å²) in [6.45, 7) is 6.22. The fraction of sp³-hybridized carbons (Fsp3) is 0.226. The molecule has 8 heteroatoms. The lowest BCUT2D eigenvalue weighted by Crippen LogP contribution is -2.34. The van der Waals surface area contributed by atoms with Crippen LogP contribution in [0.4, 0.5) is 21.9 Å². The number of carbonyl (C=O) groups is 1. The monoisotopic (exact) mass is 589 g/mol. The Morgan fingerprint density at radius 3 is 2.05 bits per heavy atom. The number of pyridine rings is 1. The summed E-state index contributed by atoms with van der Waals surface area (Å²) in [7, 11) is 1.67. The van der Waals surface area contributed by atoms with Gasteiger partial charge in [-0.25, -0.2) is 4.79 Å². The molecule has 1 aromatic heterocycles. The molecule has 0 bridgehead atoms. The Hall–Kier alpha value is -4.04. The largest absolute Gasteiger partial charge is 0.473 e. The van der Waals surface area contributed by atoms with Gasteiger partial charge in [0.25, 0.3) is 0 Å². The Balaban J connectivity index is 1.62. The Bertz CT molecular complexity index is 1390. The Morgan fingerprint density at radius 2 is 1.44 bits per heavy atom. The zero-order chi connectivity index (χ0) is 27.8. The first-order chi connectivity index (χ1) is 18.7. The van der Waals surface area contributed by atoms with Gasteiger partial charge in [-0.05, 0) is 66.0 Å². The SMILES string of the molecule is CN(C(=O)OC(C)(C)C)c1c(Br)cccc1Nc1ccc(OCc2ccccc2)nc1OCc1ccccc1. The molecular formula is C31H32BrN3O4. The van der Waals surface area contributed by atoms with E-state index in [-0.39, 0.29) is 0 Å². The number of amides is 1. The standard InChI is InChI=1S/C31H32BrN3O4/c1-31(2,3)39-30(36)35(4)28-24(32)16-11-17-25(28)33-26-18-19-27(37-20-22-12-7-5-8-13-22)34-29(26)38-21-23-14-9-6-10-15-23/h5-19,33H,20-21H2,1-4H3. The number of hydrogen-bond acceptors (Lipinski definition) is 6. The van der Waals surface area contributed by atoms with Crippen molar-refractivity contribution in [2.45, 2.75) is 39.6 Å². The highest BCUT2D eigenvalue weighted by Gasteiger charge is 2.24. The molecule has 0 radical (unpaired) electrons. The van der Waals surface area contributed by atoms with Gasteiger partial charge in [-0.15, -0.1) is 0 Å². The Kier molecular flexibility index (Phi) is 9.09. The molecule has 202 valence electrons. The van der Waals surface area contributed by atoms with Gasteiger partial charge in [0.1, 0.15) is 24.5 Å². The number of carbonyl (C=O) groups excluding carboxylic acids is 1. The molecule has 0 unspecified atom stereocenters. The molecule has 1 heterocycles. The highest BCUT2D eigenvalue weighted by Crippen LogP contribution is 2.38. The smallest absolute Gasteiger partial charge is 0.414 e. The summed E-state index contributed by atoms with van der Waals surface area (Å²) >= 11 is 3.59. The first-order valence-corrected chi connectivity index (χ1v) is 13.4. The van der Waals surface area contributed by atoms with E-state index in [0.29, 0.717) is 42.0 Å². The van der Waals surface area contributed by atoms with Crippen LogP contribution in [0.5, 0.6) is 11.8 Å². The second-order valence-electron chi connectivity index (χ2n) is 9.85. The molecule has 3 aromatic carbocycles. The zero-order valence-corrected chi connectivity index (χ0v) is 24.1. The van der Waals surface area contributed by atoms with E-state index in [0.717, 1.165) is 15.6 Å². The van der Waals surface area contributed by atoms with Gasteiger partial charge in [-0.1, -0.05) is 66.7 Å². The van der Waals surface area contributed by atoms with Crippen molar-refractivity contribution in [3.05, 3.63) is 107 Å². The second kappa shape index (κ2) is 12.7. The van der Waals surface area contributed by atoms with E-state index in [9.17, 15) is 4.79 Å². The molecule has 0 spiro atoms. The highest BCUT2D eigenvalue weighted by molar-refractivity contribution is 9.10. The zero-order valence-electron chi connectivity index (χ0n) is 22.5. The minimum Gasteiger partial charge on any atom is -0.473 e. The molecular weight excluding hydrogens is 558 g/mol. The number of rotatable bonds is 9. The van der Waals surface area contributed by atoms with Gasteiger partial charge in [-0.2, -0.15) is 4.98 Å². The molecule has 0 aliphatic carbocycles. The maximum atomic E-state index is 12.9. The molecule has 1 N–H and O–H groups in total. The first-order valence-electron chi connectivity index (χ1n) is 12.6. The van der Waals surface area contributed by atoms with E-state index >= 15 is 0 Å². The van der Waals surface area contributed by atoms with E-state index < -0.39 is 11.7 Å². The van der Waals surface area contributed by atoms with Crippen molar-refractivity contribution in [3.63, 3.8) is 0 Å². The van der Waals surface area contributed by atoms with Gasteiger partial charge in [0.15, 0.2) is 0 Å². The van der Waals surface area contributed by atoms with Crippen molar-refractivity contribution in [2.75, 3.05) is 17.3 Å². The molecule has 0 saturated heterocycles. The van der Waals surface area contributed by atoms with Crippen LogP contribution in [0, 0.1) is 0 Å². The molecule has 0 aliphatic rings.